The maximum Gasteiger partial charge on any atom is 0.0790 e. The molecule has 90 valence electrons. The molecule has 16 heavy (non-hydrogen) atoms. The SMILES string of the molecule is CCOC(C(C)C)C(N)c1cncc(C)c1. The molecule has 3 nitrogen and oxygen atoms in total. The lowest BCUT2D eigenvalue weighted by molar-refractivity contribution is 0.0121. The molecule has 1 aromatic rings. The summed E-state index contributed by atoms with van der Waals surface area (Å²) in [4.78, 5) is 4.17. The van der Waals surface area contributed by atoms with Crippen LogP contribution >= 0.6 is 0 Å². The predicted octanol–water partition coefficient (Wildman–Crippen LogP) is 2.45. The van der Waals surface area contributed by atoms with E-state index in [1.165, 1.54) is 0 Å². The molecule has 2 N–H and O–H groups in total. The maximum atomic E-state index is 6.23. The summed E-state index contributed by atoms with van der Waals surface area (Å²) in [7, 11) is 0. The first-order chi connectivity index (χ1) is 7.56. The van der Waals surface area contributed by atoms with Crippen LogP contribution in [0.4, 0.5) is 0 Å². The van der Waals surface area contributed by atoms with Crippen LogP contribution in [0.5, 0.6) is 0 Å². The average Bonchev–Trinajstić information content (AvgIpc) is 2.24. The number of hydrogen-bond acceptors (Lipinski definition) is 3. The molecule has 0 fully saturated rings. The Morgan fingerprint density at radius 3 is 2.56 bits per heavy atom. The number of nitrogens with two attached hydrogens (primary N) is 1. The molecule has 1 heterocycles. The first kappa shape index (κ1) is 13.1. The van der Waals surface area contributed by atoms with Crippen molar-refractivity contribution in [2.45, 2.75) is 39.8 Å². The second kappa shape index (κ2) is 5.97. The van der Waals surface area contributed by atoms with Crippen molar-refractivity contribution >= 4 is 0 Å². The van der Waals surface area contributed by atoms with Gasteiger partial charge in [0.25, 0.3) is 0 Å². The van der Waals surface area contributed by atoms with Gasteiger partial charge >= 0.3 is 0 Å². The van der Waals surface area contributed by atoms with Crippen LogP contribution in [0.2, 0.25) is 0 Å². The van der Waals surface area contributed by atoms with Crippen molar-refractivity contribution < 1.29 is 4.74 Å². The molecule has 0 aliphatic carbocycles. The van der Waals surface area contributed by atoms with Gasteiger partial charge in [0.15, 0.2) is 0 Å². The monoisotopic (exact) mass is 222 g/mol. The summed E-state index contributed by atoms with van der Waals surface area (Å²) in [6, 6.07) is 1.97. The van der Waals surface area contributed by atoms with Gasteiger partial charge in [0.05, 0.1) is 12.1 Å². The zero-order valence-corrected chi connectivity index (χ0v) is 10.6. The average molecular weight is 222 g/mol. The summed E-state index contributed by atoms with van der Waals surface area (Å²) in [5.41, 5.74) is 8.41. The summed E-state index contributed by atoms with van der Waals surface area (Å²) in [6.45, 7) is 8.97. The highest BCUT2D eigenvalue weighted by Gasteiger charge is 2.23. The molecular formula is C13H22N2O. The fraction of sp³-hybridized carbons (Fsp3) is 0.615. The van der Waals surface area contributed by atoms with Gasteiger partial charge < -0.3 is 10.5 Å². The third-order valence-corrected chi connectivity index (χ3v) is 2.65. The minimum Gasteiger partial charge on any atom is -0.376 e. The van der Waals surface area contributed by atoms with Crippen LogP contribution in [0.3, 0.4) is 0 Å². The Morgan fingerprint density at radius 2 is 2.06 bits per heavy atom. The first-order valence-electron chi connectivity index (χ1n) is 5.85. The third kappa shape index (κ3) is 3.29. The fourth-order valence-corrected chi connectivity index (χ4v) is 1.85. The summed E-state index contributed by atoms with van der Waals surface area (Å²) in [5.74, 6) is 0.399. The van der Waals surface area contributed by atoms with Crippen molar-refractivity contribution in [3.05, 3.63) is 29.6 Å². The van der Waals surface area contributed by atoms with E-state index in [1.807, 2.05) is 26.2 Å². The number of pyridine rings is 1. The van der Waals surface area contributed by atoms with Crippen LogP contribution in [0.25, 0.3) is 0 Å². The molecule has 0 radical (unpaired) electrons. The lowest BCUT2D eigenvalue weighted by Crippen LogP contribution is -2.33. The zero-order chi connectivity index (χ0) is 12.1. The molecule has 2 atom stereocenters. The van der Waals surface area contributed by atoms with Gasteiger partial charge in [0, 0.05) is 19.0 Å². The van der Waals surface area contributed by atoms with Crippen LogP contribution in [0, 0.1) is 12.8 Å². The Kier molecular flexibility index (Phi) is 4.90. The van der Waals surface area contributed by atoms with Crippen LogP contribution in [-0.4, -0.2) is 17.7 Å². The van der Waals surface area contributed by atoms with E-state index >= 15 is 0 Å². The Morgan fingerprint density at radius 1 is 1.38 bits per heavy atom. The molecule has 0 saturated carbocycles. The van der Waals surface area contributed by atoms with Crippen LogP contribution in [0.15, 0.2) is 18.5 Å². The van der Waals surface area contributed by atoms with Crippen molar-refractivity contribution in [2.75, 3.05) is 6.61 Å². The van der Waals surface area contributed by atoms with E-state index in [2.05, 4.69) is 24.9 Å². The topological polar surface area (TPSA) is 48.1 Å². The molecule has 0 spiro atoms. The molecule has 0 amide bonds. The minimum absolute atomic E-state index is 0.0496. The van der Waals surface area contributed by atoms with Gasteiger partial charge in [-0.2, -0.15) is 0 Å². The maximum absolute atomic E-state index is 6.23. The highest BCUT2D eigenvalue weighted by Crippen LogP contribution is 2.22. The van der Waals surface area contributed by atoms with Gasteiger partial charge in [-0.25, -0.2) is 0 Å². The molecule has 0 aromatic carbocycles. The predicted molar refractivity (Wildman–Crippen MR) is 66.2 cm³/mol. The molecule has 0 aliphatic rings. The highest BCUT2D eigenvalue weighted by molar-refractivity contribution is 5.21. The summed E-state index contributed by atoms with van der Waals surface area (Å²) < 4.78 is 5.71. The normalized spacial score (nSPS) is 15.1. The quantitative estimate of drug-likeness (QED) is 0.832. The smallest absolute Gasteiger partial charge is 0.0790 e. The Bertz CT molecular complexity index is 325. The standard InChI is InChI=1S/C13H22N2O/c1-5-16-13(9(2)3)12(14)11-6-10(4)7-15-8-11/h6-9,12-13H,5,14H2,1-4H3. The molecule has 0 bridgehead atoms. The van der Waals surface area contributed by atoms with Gasteiger partial charge in [-0.05, 0) is 30.9 Å². The van der Waals surface area contributed by atoms with Gasteiger partial charge in [0.1, 0.15) is 0 Å². The lowest BCUT2D eigenvalue weighted by atomic mass is 9.94. The largest absolute Gasteiger partial charge is 0.376 e. The second-order valence-electron chi connectivity index (χ2n) is 4.49. The van der Waals surface area contributed by atoms with Gasteiger partial charge in [-0.15, -0.1) is 0 Å². The van der Waals surface area contributed by atoms with Crippen LogP contribution in [-0.2, 0) is 4.74 Å². The van der Waals surface area contributed by atoms with E-state index < -0.39 is 0 Å². The van der Waals surface area contributed by atoms with Crippen LogP contribution in [0.1, 0.15) is 37.9 Å². The Labute approximate surface area is 98.0 Å². The molecule has 3 heteroatoms. The Hall–Kier alpha value is -0.930. The van der Waals surface area contributed by atoms with Crippen LogP contribution < -0.4 is 5.73 Å². The molecule has 0 aliphatic heterocycles. The second-order valence-corrected chi connectivity index (χ2v) is 4.49. The number of nitrogens with zero attached hydrogens (tertiary/aromatic N) is 1. The Balaban J connectivity index is 2.85. The van der Waals surface area contributed by atoms with E-state index in [1.54, 1.807) is 0 Å². The fourth-order valence-electron chi connectivity index (χ4n) is 1.85. The lowest BCUT2D eigenvalue weighted by Gasteiger charge is -2.27. The van der Waals surface area contributed by atoms with Crippen molar-refractivity contribution in [3.8, 4) is 0 Å². The molecule has 1 rings (SSSR count). The van der Waals surface area contributed by atoms with Crippen molar-refractivity contribution in [1.82, 2.24) is 4.98 Å². The molecular weight excluding hydrogens is 200 g/mol. The molecule has 1 aromatic heterocycles. The number of hydrogen-bond donors (Lipinski definition) is 1. The van der Waals surface area contributed by atoms with Gasteiger partial charge in [0.2, 0.25) is 0 Å². The molecule has 2 unspecified atom stereocenters. The van der Waals surface area contributed by atoms with E-state index in [0.717, 1.165) is 11.1 Å². The van der Waals surface area contributed by atoms with Crippen molar-refractivity contribution in [3.63, 3.8) is 0 Å². The van der Waals surface area contributed by atoms with Gasteiger partial charge in [-0.3, -0.25) is 4.98 Å². The number of aromatic nitrogens is 1. The minimum atomic E-state index is -0.104. The van der Waals surface area contributed by atoms with E-state index in [9.17, 15) is 0 Å². The number of rotatable bonds is 5. The number of aryl methyl sites for hydroxylation is 1. The van der Waals surface area contributed by atoms with E-state index in [0.29, 0.717) is 12.5 Å². The first-order valence-corrected chi connectivity index (χ1v) is 5.85. The number of ether oxygens (including phenoxy) is 1. The highest BCUT2D eigenvalue weighted by atomic mass is 16.5. The van der Waals surface area contributed by atoms with E-state index in [4.69, 9.17) is 10.5 Å². The summed E-state index contributed by atoms with van der Waals surface area (Å²) >= 11 is 0. The van der Waals surface area contributed by atoms with Gasteiger partial charge in [-0.1, -0.05) is 19.9 Å². The van der Waals surface area contributed by atoms with E-state index in [-0.39, 0.29) is 12.1 Å². The zero-order valence-electron chi connectivity index (χ0n) is 10.6. The summed E-state index contributed by atoms with van der Waals surface area (Å²) in [5, 5.41) is 0. The van der Waals surface area contributed by atoms with Crippen molar-refractivity contribution in [1.29, 1.82) is 0 Å². The molecule has 0 saturated heterocycles. The van der Waals surface area contributed by atoms with Crippen molar-refractivity contribution in [2.24, 2.45) is 11.7 Å². The summed E-state index contributed by atoms with van der Waals surface area (Å²) in [6.07, 6.45) is 3.71. The third-order valence-electron chi connectivity index (χ3n) is 2.65.